The van der Waals surface area contributed by atoms with Crippen LogP contribution in [-0.4, -0.2) is 20.4 Å². The Kier molecular flexibility index (Phi) is 4.69. The van der Waals surface area contributed by atoms with E-state index >= 15 is 0 Å². The fourth-order valence-electron chi connectivity index (χ4n) is 4.79. The highest BCUT2D eigenvalue weighted by molar-refractivity contribution is 6.31. The van der Waals surface area contributed by atoms with Gasteiger partial charge in [0.2, 0.25) is 5.65 Å². The van der Waals surface area contributed by atoms with Crippen molar-refractivity contribution >= 4 is 23.0 Å². The zero-order chi connectivity index (χ0) is 21.0. The highest BCUT2D eigenvalue weighted by Crippen LogP contribution is 2.56. The number of ketones is 1. The van der Waals surface area contributed by atoms with Gasteiger partial charge in [-0.05, 0) is 48.9 Å². The number of fused-ring (bicyclic) bond motifs is 1. The summed E-state index contributed by atoms with van der Waals surface area (Å²) in [5.41, 5.74) is 0.568. The van der Waals surface area contributed by atoms with Crippen LogP contribution in [0.3, 0.4) is 0 Å². The third-order valence-electron chi connectivity index (χ3n) is 7.05. The Morgan fingerprint density at radius 1 is 1.21 bits per heavy atom. The van der Waals surface area contributed by atoms with E-state index in [0.717, 1.165) is 5.56 Å². The molecule has 1 aliphatic rings. The van der Waals surface area contributed by atoms with Gasteiger partial charge in [-0.3, -0.25) is 9.20 Å². The lowest BCUT2D eigenvalue weighted by atomic mass is 9.62. The van der Waals surface area contributed by atoms with Crippen LogP contribution < -0.4 is 4.74 Å². The largest absolute Gasteiger partial charge is 0.453 e. The first-order valence-corrected chi connectivity index (χ1v) is 10.4. The molecule has 0 aliphatic heterocycles. The fourth-order valence-corrected chi connectivity index (χ4v) is 4.96. The van der Waals surface area contributed by atoms with Crippen molar-refractivity contribution < 1.29 is 9.53 Å². The molecule has 2 aromatic heterocycles. The SMILES string of the molecule is CC[C@@]1(c2nnc3c(Oc4cccc(Cl)c4C)cccn23)C(=O)C[C@@H](C)C1(C)C. The maximum absolute atomic E-state index is 13.2. The standard InChI is InChI=1S/C23H26ClN3O2/c1-6-23(19(28)13-14(2)22(23,4)5)21-26-25-20-18(11-8-12-27(20)21)29-17-10-7-9-16(24)15(17)3/h7-12,14H,6,13H2,1-5H3/t14-,23+/m1/s1. The summed E-state index contributed by atoms with van der Waals surface area (Å²) in [5.74, 6) is 2.47. The molecular formula is C23H26ClN3O2. The second-order valence-corrected chi connectivity index (χ2v) is 8.97. The van der Waals surface area contributed by atoms with E-state index in [0.29, 0.717) is 40.8 Å². The number of carbonyl (C=O) groups excluding carboxylic acids is 1. The van der Waals surface area contributed by atoms with Gasteiger partial charge in [0.15, 0.2) is 11.6 Å². The Hall–Kier alpha value is -2.40. The second kappa shape index (κ2) is 6.84. The molecule has 6 heteroatoms. The Morgan fingerprint density at radius 3 is 2.59 bits per heavy atom. The van der Waals surface area contributed by atoms with E-state index in [1.165, 1.54) is 0 Å². The van der Waals surface area contributed by atoms with Crippen LogP contribution in [0.15, 0.2) is 36.5 Å². The number of halogens is 1. The number of carbonyl (C=O) groups is 1. The number of benzene rings is 1. The van der Waals surface area contributed by atoms with Gasteiger partial charge in [-0.1, -0.05) is 45.4 Å². The van der Waals surface area contributed by atoms with Gasteiger partial charge in [-0.25, -0.2) is 0 Å². The van der Waals surface area contributed by atoms with Crippen LogP contribution in [0.4, 0.5) is 0 Å². The molecule has 0 saturated heterocycles. The molecule has 29 heavy (non-hydrogen) atoms. The van der Waals surface area contributed by atoms with Gasteiger partial charge in [0, 0.05) is 23.2 Å². The van der Waals surface area contributed by atoms with E-state index in [-0.39, 0.29) is 17.1 Å². The van der Waals surface area contributed by atoms with Crippen molar-refractivity contribution in [3.05, 3.63) is 52.9 Å². The maximum atomic E-state index is 13.2. The van der Waals surface area contributed by atoms with Crippen molar-refractivity contribution in [1.82, 2.24) is 14.6 Å². The number of rotatable bonds is 4. The molecule has 0 radical (unpaired) electrons. The predicted molar refractivity (Wildman–Crippen MR) is 114 cm³/mol. The van der Waals surface area contributed by atoms with Gasteiger partial charge in [0.05, 0.1) is 5.41 Å². The number of aromatic nitrogens is 3. The van der Waals surface area contributed by atoms with Crippen LogP contribution in [0.2, 0.25) is 5.02 Å². The molecule has 2 atom stereocenters. The van der Waals surface area contributed by atoms with Gasteiger partial charge in [0.25, 0.3) is 0 Å². The number of pyridine rings is 1. The normalized spacial score (nSPS) is 23.7. The quantitative estimate of drug-likeness (QED) is 0.547. The molecule has 1 aliphatic carbocycles. The van der Waals surface area contributed by atoms with E-state index in [2.05, 4.69) is 37.9 Å². The minimum Gasteiger partial charge on any atom is -0.453 e. The van der Waals surface area contributed by atoms with E-state index in [1.807, 2.05) is 47.9 Å². The molecule has 1 aromatic carbocycles. The van der Waals surface area contributed by atoms with Crippen molar-refractivity contribution in [3.8, 4) is 11.5 Å². The van der Waals surface area contributed by atoms with Gasteiger partial charge in [-0.15, -0.1) is 10.2 Å². The van der Waals surface area contributed by atoms with Gasteiger partial charge in [0.1, 0.15) is 11.5 Å². The molecule has 0 bridgehead atoms. The summed E-state index contributed by atoms with van der Waals surface area (Å²) in [6, 6.07) is 9.32. The van der Waals surface area contributed by atoms with Crippen LogP contribution in [-0.2, 0) is 10.2 Å². The summed E-state index contributed by atoms with van der Waals surface area (Å²) >= 11 is 6.24. The van der Waals surface area contributed by atoms with Gasteiger partial charge < -0.3 is 4.74 Å². The average molecular weight is 412 g/mol. The fraction of sp³-hybridized carbons (Fsp3) is 0.435. The lowest BCUT2D eigenvalue weighted by Gasteiger charge is -2.40. The van der Waals surface area contributed by atoms with Gasteiger partial charge >= 0.3 is 0 Å². The monoisotopic (exact) mass is 411 g/mol. The third-order valence-corrected chi connectivity index (χ3v) is 7.46. The number of ether oxygens (including phenoxy) is 1. The predicted octanol–water partition coefficient (Wildman–Crippen LogP) is 5.77. The number of Topliss-reactive ketones (excluding diaryl/α,β-unsaturated/α-hetero) is 1. The molecule has 4 rings (SSSR count). The van der Waals surface area contributed by atoms with Crippen molar-refractivity contribution in [2.24, 2.45) is 11.3 Å². The molecule has 152 valence electrons. The lowest BCUT2D eigenvalue weighted by molar-refractivity contribution is -0.124. The summed E-state index contributed by atoms with van der Waals surface area (Å²) < 4.78 is 8.07. The first-order valence-electron chi connectivity index (χ1n) is 10.0. The molecule has 0 N–H and O–H groups in total. The Bertz CT molecular complexity index is 1100. The average Bonchev–Trinajstić information content (AvgIpc) is 3.18. The smallest absolute Gasteiger partial charge is 0.203 e. The topological polar surface area (TPSA) is 56.5 Å². The van der Waals surface area contributed by atoms with Gasteiger partial charge in [-0.2, -0.15) is 0 Å². The molecule has 1 saturated carbocycles. The molecule has 2 heterocycles. The second-order valence-electron chi connectivity index (χ2n) is 8.56. The molecule has 1 fully saturated rings. The number of nitrogens with zero attached hydrogens (tertiary/aromatic N) is 3. The van der Waals surface area contributed by atoms with E-state index in [9.17, 15) is 4.79 Å². The molecule has 0 unspecified atom stereocenters. The zero-order valence-electron chi connectivity index (χ0n) is 17.5. The van der Waals surface area contributed by atoms with E-state index in [1.54, 1.807) is 0 Å². The van der Waals surface area contributed by atoms with Crippen LogP contribution in [0.1, 0.15) is 51.9 Å². The van der Waals surface area contributed by atoms with Crippen molar-refractivity contribution in [1.29, 1.82) is 0 Å². The summed E-state index contributed by atoms with van der Waals surface area (Å²) in [6.45, 7) is 10.5. The molecule has 0 spiro atoms. The highest BCUT2D eigenvalue weighted by atomic mass is 35.5. The van der Waals surface area contributed by atoms with E-state index in [4.69, 9.17) is 16.3 Å². The lowest BCUT2D eigenvalue weighted by Crippen LogP contribution is -2.45. The summed E-state index contributed by atoms with van der Waals surface area (Å²) in [5, 5.41) is 9.61. The van der Waals surface area contributed by atoms with Crippen molar-refractivity contribution in [2.75, 3.05) is 0 Å². The number of hydrogen-bond donors (Lipinski definition) is 0. The van der Waals surface area contributed by atoms with Crippen LogP contribution in [0.25, 0.3) is 5.65 Å². The first kappa shape index (κ1) is 19.9. The molecule has 3 aromatic rings. The molecule has 0 amide bonds. The Morgan fingerprint density at radius 2 is 1.93 bits per heavy atom. The minimum atomic E-state index is -0.670. The zero-order valence-corrected chi connectivity index (χ0v) is 18.2. The minimum absolute atomic E-state index is 0.220. The van der Waals surface area contributed by atoms with Crippen LogP contribution in [0.5, 0.6) is 11.5 Å². The van der Waals surface area contributed by atoms with Crippen LogP contribution >= 0.6 is 11.6 Å². The molecule has 5 nitrogen and oxygen atoms in total. The van der Waals surface area contributed by atoms with E-state index < -0.39 is 5.41 Å². The summed E-state index contributed by atoms with van der Waals surface area (Å²) in [4.78, 5) is 13.2. The van der Waals surface area contributed by atoms with Crippen LogP contribution in [0, 0.1) is 18.3 Å². The summed E-state index contributed by atoms with van der Waals surface area (Å²) in [7, 11) is 0. The summed E-state index contributed by atoms with van der Waals surface area (Å²) in [6.07, 6.45) is 3.15. The number of hydrogen-bond acceptors (Lipinski definition) is 4. The van der Waals surface area contributed by atoms with Crippen molar-refractivity contribution in [2.45, 2.75) is 52.9 Å². The highest BCUT2D eigenvalue weighted by Gasteiger charge is 2.60. The Balaban J connectivity index is 1.87. The Labute approximate surface area is 176 Å². The third kappa shape index (κ3) is 2.71. The first-order chi connectivity index (χ1) is 13.7. The van der Waals surface area contributed by atoms with Crippen molar-refractivity contribution in [3.63, 3.8) is 0 Å². The maximum Gasteiger partial charge on any atom is 0.203 e. The molecular weight excluding hydrogens is 386 g/mol.